The molecule has 1 N–H and O–H groups in total. The van der Waals surface area contributed by atoms with Crippen molar-refractivity contribution >= 4 is 16.7 Å². The lowest BCUT2D eigenvalue weighted by Crippen LogP contribution is -2.29. The van der Waals surface area contributed by atoms with Crippen molar-refractivity contribution in [2.24, 2.45) is 0 Å². The number of carbonyl (C=O) groups excluding carboxylic acids is 1. The zero-order valence-electron chi connectivity index (χ0n) is 13.2. The van der Waals surface area contributed by atoms with Crippen LogP contribution in [0.25, 0.3) is 10.8 Å². The molecule has 0 saturated heterocycles. The molecule has 0 aromatic heterocycles. The number of amides is 1. The monoisotopic (exact) mass is 315 g/mol. The van der Waals surface area contributed by atoms with Crippen LogP contribution >= 0.6 is 0 Å². The molecular formula is C21H17NO2. The molecule has 0 aliphatic carbocycles. The molecule has 3 heteroatoms. The molecule has 3 aromatic carbocycles. The Morgan fingerprint density at radius 2 is 1.67 bits per heavy atom. The number of ether oxygens (including phenoxy) is 1. The predicted octanol–water partition coefficient (Wildman–Crippen LogP) is 3.39. The number of hydrogen-bond acceptors (Lipinski definition) is 2. The predicted molar refractivity (Wildman–Crippen MR) is 95.8 cm³/mol. The first-order valence-corrected chi connectivity index (χ1v) is 7.73. The van der Waals surface area contributed by atoms with Crippen molar-refractivity contribution in [3.05, 3.63) is 78.4 Å². The van der Waals surface area contributed by atoms with Gasteiger partial charge in [-0.1, -0.05) is 60.4 Å². The van der Waals surface area contributed by atoms with Crippen molar-refractivity contribution in [1.29, 1.82) is 0 Å². The Bertz CT molecular complexity index is 892. The van der Waals surface area contributed by atoms with Gasteiger partial charge < -0.3 is 10.1 Å². The lowest BCUT2D eigenvalue weighted by molar-refractivity contribution is -0.122. The molecule has 118 valence electrons. The van der Waals surface area contributed by atoms with Crippen molar-refractivity contribution in [2.75, 3.05) is 13.2 Å². The quantitative estimate of drug-likeness (QED) is 0.750. The topological polar surface area (TPSA) is 38.3 Å². The van der Waals surface area contributed by atoms with Crippen molar-refractivity contribution in [1.82, 2.24) is 5.32 Å². The van der Waals surface area contributed by atoms with Gasteiger partial charge in [-0.2, -0.15) is 0 Å². The third kappa shape index (κ3) is 4.37. The fourth-order valence-corrected chi connectivity index (χ4v) is 2.27. The Hall–Kier alpha value is -3.25. The minimum Gasteiger partial charge on any atom is -0.484 e. The lowest BCUT2D eigenvalue weighted by atomic mass is 10.1. The summed E-state index contributed by atoms with van der Waals surface area (Å²) in [5.41, 5.74) is 0.930. The van der Waals surface area contributed by atoms with Crippen LogP contribution in [-0.2, 0) is 4.79 Å². The average molecular weight is 315 g/mol. The smallest absolute Gasteiger partial charge is 0.258 e. The van der Waals surface area contributed by atoms with Crippen molar-refractivity contribution in [3.8, 4) is 17.6 Å². The standard InChI is InChI=1S/C21H17NO2/c23-21(22-14-6-9-17-7-2-1-3-8-17)16-24-20-13-12-18-10-4-5-11-19(18)15-20/h1-5,7-8,10-13,15H,14,16H2,(H,22,23). The second-order valence-electron chi connectivity index (χ2n) is 5.24. The fourth-order valence-electron chi connectivity index (χ4n) is 2.27. The van der Waals surface area contributed by atoms with Crippen LogP contribution in [-0.4, -0.2) is 19.1 Å². The van der Waals surface area contributed by atoms with Crippen LogP contribution in [0.1, 0.15) is 5.56 Å². The maximum absolute atomic E-state index is 11.8. The van der Waals surface area contributed by atoms with E-state index in [2.05, 4.69) is 17.2 Å². The first-order chi connectivity index (χ1) is 11.8. The van der Waals surface area contributed by atoms with Crippen LogP contribution in [0.3, 0.4) is 0 Å². The highest BCUT2D eigenvalue weighted by atomic mass is 16.5. The van der Waals surface area contributed by atoms with E-state index in [-0.39, 0.29) is 12.5 Å². The maximum atomic E-state index is 11.8. The molecule has 0 unspecified atom stereocenters. The molecule has 0 heterocycles. The minimum atomic E-state index is -0.189. The summed E-state index contributed by atoms with van der Waals surface area (Å²) in [4.78, 5) is 11.8. The fraction of sp³-hybridized carbons (Fsp3) is 0.0952. The van der Waals surface area contributed by atoms with Gasteiger partial charge in [-0.15, -0.1) is 0 Å². The van der Waals surface area contributed by atoms with Gasteiger partial charge in [-0.25, -0.2) is 0 Å². The van der Waals surface area contributed by atoms with E-state index in [0.717, 1.165) is 16.3 Å². The molecule has 3 rings (SSSR count). The van der Waals surface area contributed by atoms with E-state index in [1.165, 1.54) is 0 Å². The Kier molecular flexibility index (Phi) is 5.11. The highest BCUT2D eigenvalue weighted by molar-refractivity contribution is 5.84. The molecule has 0 atom stereocenters. The number of hydrogen-bond donors (Lipinski definition) is 1. The molecule has 0 bridgehead atoms. The van der Waals surface area contributed by atoms with Crippen LogP contribution in [0, 0.1) is 11.8 Å². The van der Waals surface area contributed by atoms with Gasteiger partial charge in [-0.05, 0) is 35.0 Å². The molecule has 0 aliphatic rings. The van der Waals surface area contributed by atoms with Crippen molar-refractivity contribution in [2.45, 2.75) is 0 Å². The molecule has 3 aromatic rings. The maximum Gasteiger partial charge on any atom is 0.258 e. The Morgan fingerprint density at radius 3 is 2.50 bits per heavy atom. The van der Waals surface area contributed by atoms with Crippen molar-refractivity contribution in [3.63, 3.8) is 0 Å². The third-order valence-corrected chi connectivity index (χ3v) is 3.47. The molecule has 0 aliphatic heterocycles. The molecule has 0 radical (unpaired) electrons. The third-order valence-electron chi connectivity index (χ3n) is 3.47. The molecule has 24 heavy (non-hydrogen) atoms. The lowest BCUT2D eigenvalue weighted by Gasteiger charge is -2.07. The highest BCUT2D eigenvalue weighted by Gasteiger charge is 2.02. The number of carbonyl (C=O) groups is 1. The summed E-state index contributed by atoms with van der Waals surface area (Å²) in [6.45, 7) is 0.278. The second-order valence-corrected chi connectivity index (χ2v) is 5.24. The Labute approximate surface area is 141 Å². The van der Waals surface area contributed by atoms with E-state index < -0.39 is 0 Å². The first-order valence-electron chi connectivity index (χ1n) is 7.73. The summed E-state index contributed by atoms with van der Waals surface area (Å²) in [6, 6.07) is 23.5. The van der Waals surface area contributed by atoms with Crippen LogP contribution in [0.5, 0.6) is 5.75 Å². The van der Waals surface area contributed by atoms with Crippen LogP contribution in [0.4, 0.5) is 0 Å². The van der Waals surface area contributed by atoms with Gasteiger partial charge in [0.15, 0.2) is 6.61 Å². The van der Waals surface area contributed by atoms with E-state index in [1.54, 1.807) is 0 Å². The SMILES string of the molecule is O=C(COc1ccc2ccccc2c1)NCC#Cc1ccccc1. The summed E-state index contributed by atoms with van der Waals surface area (Å²) in [5.74, 6) is 6.40. The average Bonchev–Trinajstić information content (AvgIpc) is 2.64. The van der Waals surface area contributed by atoms with E-state index in [4.69, 9.17) is 4.74 Å². The summed E-state index contributed by atoms with van der Waals surface area (Å²) >= 11 is 0. The normalized spacial score (nSPS) is 9.83. The largest absolute Gasteiger partial charge is 0.484 e. The summed E-state index contributed by atoms with van der Waals surface area (Å²) in [5, 5.41) is 4.95. The van der Waals surface area contributed by atoms with Gasteiger partial charge in [0.2, 0.25) is 0 Å². The van der Waals surface area contributed by atoms with Gasteiger partial charge in [-0.3, -0.25) is 4.79 Å². The van der Waals surface area contributed by atoms with Crippen LogP contribution in [0.15, 0.2) is 72.8 Å². The van der Waals surface area contributed by atoms with Gasteiger partial charge in [0.25, 0.3) is 5.91 Å². The van der Waals surface area contributed by atoms with Crippen molar-refractivity contribution < 1.29 is 9.53 Å². The molecule has 1 amide bonds. The second kappa shape index (κ2) is 7.85. The summed E-state index contributed by atoms with van der Waals surface area (Å²) in [7, 11) is 0. The van der Waals surface area contributed by atoms with Gasteiger partial charge in [0.1, 0.15) is 5.75 Å². The number of nitrogens with one attached hydrogen (secondary N) is 1. The number of rotatable bonds is 4. The molecule has 0 saturated carbocycles. The zero-order valence-corrected chi connectivity index (χ0v) is 13.2. The van der Waals surface area contributed by atoms with Gasteiger partial charge in [0.05, 0.1) is 6.54 Å². The van der Waals surface area contributed by atoms with Crippen LogP contribution in [0.2, 0.25) is 0 Å². The number of benzene rings is 3. The summed E-state index contributed by atoms with van der Waals surface area (Å²) < 4.78 is 5.53. The molecule has 0 fully saturated rings. The summed E-state index contributed by atoms with van der Waals surface area (Å²) in [6.07, 6.45) is 0. The molecule has 3 nitrogen and oxygen atoms in total. The first kappa shape index (κ1) is 15.6. The van der Waals surface area contributed by atoms with Gasteiger partial charge in [0, 0.05) is 5.56 Å². The Morgan fingerprint density at radius 1 is 0.917 bits per heavy atom. The Balaban J connectivity index is 1.47. The number of fused-ring (bicyclic) bond motifs is 1. The van der Waals surface area contributed by atoms with E-state index in [1.807, 2.05) is 72.8 Å². The zero-order chi connectivity index (χ0) is 16.6. The highest BCUT2D eigenvalue weighted by Crippen LogP contribution is 2.20. The molecule has 0 spiro atoms. The van der Waals surface area contributed by atoms with E-state index >= 15 is 0 Å². The molecular weight excluding hydrogens is 298 g/mol. The van der Waals surface area contributed by atoms with Crippen LogP contribution < -0.4 is 10.1 Å². The van der Waals surface area contributed by atoms with E-state index in [9.17, 15) is 4.79 Å². The van der Waals surface area contributed by atoms with E-state index in [0.29, 0.717) is 12.3 Å². The van der Waals surface area contributed by atoms with Gasteiger partial charge >= 0.3 is 0 Å². The minimum absolute atomic E-state index is 0.0225.